The van der Waals surface area contributed by atoms with E-state index in [-0.39, 0.29) is 11.8 Å². The van der Waals surface area contributed by atoms with Gasteiger partial charge in [-0.3, -0.25) is 4.79 Å². The van der Waals surface area contributed by atoms with Crippen LogP contribution in [0, 0.1) is 11.8 Å². The zero-order chi connectivity index (χ0) is 10.4. The lowest BCUT2D eigenvalue weighted by molar-refractivity contribution is -0.126. The van der Waals surface area contributed by atoms with Gasteiger partial charge in [-0.1, -0.05) is 26.2 Å². The molecule has 0 radical (unpaired) electrons. The third-order valence-electron chi connectivity index (χ3n) is 3.21. The molecule has 0 aromatic heterocycles. The van der Waals surface area contributed by atoms with Gasteiger partial charge in [0, 0.05) is 19.0 Å². The number of carbonyl (C=O) groups excluding carboxylic acids is 1. The Bertz CT molecular complexity index is 176. The van der Waals surface area contributed by atoms with Crippen LogP contribution in [0.5, 0.6) is 0 Å². The van der Waals surface area contributed by atoms with Gasteiger partial charge >= 0.3 is 0 Å². The Labute approximate surface area is 86.4 Å². The number of hydrogen-bond acceptors (Lipinski definition) is 2. The van der Waals surface area contributed by atoms with Crippen LogP contribution in [0.4, 0.5) is 0 Å². The average molecular weight is 198 g/mol. The molecule has 14 heavy (non-hydrogen) atoms. The summed E-state index contributed by atoms with van der Waals surface area (Å²) in [5.74, 6) is 0.950. The van der Waals surface area contributed by atoms with Crippen molar-refractivity contribution >= 4 is 5.91 Å². The first kappa shape index (κ1) is 11.5. The largest absolute Gasteiger partial charge is 0.355 e. The monoisotopic (exact) mass is 198 g/mol. The van der Waals surface area contributed by atoms with Crippen LogP contribution >= 0.6 is 0 Å². The van der Waals surface area contributed by atoms with Gasteiger partial charge in [-0.2, -0.15) is 0 Å². The molecule has 0 aliphatic heterocycles. The maximum Gasteiger partial charge on any atom is 0.223 e. The van der Waals surface area contributed by atoms with Crippen LogP contribution in [0.3, 0.4) is 0 Å². The highest BCUT2D eigenvalue weighted by Gasteiger charge is 2.24. The first-order valence-electron chi connectivity index (χ1n) is 5.73. The van der Waals surface area contributed by atoms with E-state index in [2.05, 4.69) is 5.32 Å². The standard InChI is InChI=1S/C11H22N2O/c1-9(11(14)13-8-7-12)10-5-3-2-4-6-10/h9-10H,2-8,12H2,1H3,(H,13,14). The summed E-state index contributed by atoms with van der Waals surface area (Å²) in [6.07, 6.45) is 6.36. The second-order valence-corrected chi connectivity index (χ2v) is 4.27. The molecule has 1 saturated carbocycles. The van der Waals surface area contributed by atoms with Gasteiger partial charge < -0.3 is 11.1 Å². The van der Waals surface area contributed by atoms with Gasteiger partial charge in [0.1, 0.15) is 0 Å². The van der Waals surface area contributed by atoms with Gasteiger partial charge in [0.05, 0.1) is 0 Å². The molecule has 0 heterocycles. The van der Waals surface area contributed by atoms with Crippen molar-refractivity contribution in [3.05, 3.63) is 0 Å². The third kappa shape index (κ3) is 3.29. The quantitative estimate of drug-likeness (QED) is 0.715. The van der Waals surface area contributed by atoms with Gasteiger partial charge in [-0.15, -0.1) is 0 Å². The van der Waals surface area contributed by atoms with Gasteiger partial charge in [-0.25, -0.2) is 0 Å². The molecule has 0 aromatic carbocycles. The fraction of sp³-hybridized carbons (Fsp3) is 0.909. The Morgan fingerprint density at radius 3 is 2.64 bits per heavy atom. The summed E-state index contributed by atoms with van der Waals surface area (Å²) in [6, 6.07) is 0. The summed E-state index contributed by atoms with van der Waals surface area (Å²) in [6.45, 7) is 3.18. The molecular formula is C11H22N2O. The van der Waals surface area contributed by atoms with E-state index in [1.54, 1.807) is 0 Å². The molecule has 1 atom stereocenters. The second-order valence-electron chi connectivity index (χ2n) is 4.27. The maximum atomic E-state index is 11.6. The minimum absolute atomic E-state index is 0.168. The topological polar surface area (TPSA) is 55.1 Å². The average Bonchev–Trinajstić information content (AvgIpc) is 2.26. The molecule has 3 N–H and O–H groups in total. The number of carbonyl (C=O) groups is 1. The number of rotatable bonds is 4. The molecule has 82 valence electrons. The van der Waals surface area contributed by atoms with E-state index in [9.17, 15) is 4.79 Å². The lowest BCUT2D eigenvalue weighted by Gasteiger charge is -2.26. The molecule has 1 unspecified atom stereocenters. The molecular weight excluding hydrogens is 176 g/mol. The zero-order valence-electron chi connectivity index (χ0n) is 9.09. The molecule has 1 amide bonds. The minimum Gasteiger partial charge on any atom is -0.355 e. The molecule has 0 aromatic rings. The summed E-state index contributed by atoms with van der Waals surface area (Å²) in [7, 11) is 0. The Kier molecular flexibility index (Phi) is 4.94. The normalized spacial score (nSPS) is 20.4. The van der Waals surface area contributed by atoms with E-state index >= 15 is 0 Å². The van der Waals surface area contributed by atoms with E-state index < -0.39 is 0 Å². The summed E-state index contributed by atoms with van der Waals surface area (Å²) in [5, 5.41) is 2.87. The molecule has 0 bridgehead atoms. The second kappa shape index (κ2) is 6.02. The van der Waals surface area contributed by atoms with Crippen molar-refractivity contribution < 1.29 is 4.79 Å². The van der Waals surface area contributed by atoms with E-state index in [0.29, 0.717) is 19.0 Å². The summed E-state index contributed by atoms with van der Waals surface area (Å²) < 4.78 is 0. The van der Waals surface area contributed by atoms with Crippen LogP contribution < -0.4 is 11.1 Å². The van der Waals surface area contributed by atoms with Crippen molar-refractivity contribution in [3.63, 3.8) is 0 Å². The fourth-order valence-corrected chi connectivity index (χ4v) is 2.20. The molecule has 1 aliphatic carbocycles. The molecule has 1 rings (SSSR count). The van der Waals surface area contributed by atoms with Crippen LogP contribution in [0.2, 0.25) is 0 Å². The highest BCUT2D eigenvalue weighted by atomic mass is 16.1. The van der Waals surface area contributed by atoms with Gasteiger partial charge in [0.2, 0.25) is 5.91 Å². The van der Waals surface area contributed by atoms with Crippen LogP contribution in [-0.4, -0.2) is 19.0 Å². The first-order chi connectivity index (χ1) is 6.75. The van der Waals surface area contributed by atoms with E-state index in [4.69, 9.17) is 5.73 Å². The van der Waals surface area contributed by atoms with Crippen LogP contribution in [0.25, 0.3) is 0 Å². The molecule has 1 aliphatic rings. The van der Waals surface area contributed by atoms with Crippen molar-refractivity contribution in [3.8, 4) is 0 Å². The number of nitrogens with one attached hydrogen (secondary N) is 1. The van der Waals surface area contributed by atoms with Crippen molar-refractivity contribution in [2.24, 2.45) is 17.6 Å². The maximum absolute atomic E-state index is 11.6. The number of nitrogens with two attached hydrogens (primary N) is 1. The van der Waals surface area contributed by atoms with Gasteiger partial charge in [0.25, 0.3) is 0 Å². The number of amides is 1. The van der Waals surface area contributed by atoms with Crippen LogP contribution in [0.15, 0.2) is 0 Å². The lowest BCUT2D eigenvalue weighted by atomic mass is 9.80. The fourth-order valence-electron chi connectivity index (χ4n) is 2.20. The van der Waals surface area contributed by atoms with Gasteiger partial charge in [-0.05, 0) is 18.8 Å². The summed E-state index contributed by atoms with van der Waals surface area (Å²) in [5.41, 5.74) is 5.34. The Morgan fingerprint density at radius 1 is 1.43 bits per heavy atom. The van der Waals surface area contributed by atoms with Crippen LogP contribution in [-0.2, 0) is 4.79 Å². The van der Waals surface area contributed by atoms with Crippen molar-refractivity contribution in [2.45, 2.75) is 39.0 Å². The van der Waals surface area contributed by atoms with Crippen LogP contribution in [0.1, 0.15) is 39.0 Å². The summed E-state index contributed by atoms with van der Waals surface area (Å²) in [4.78, 5) is 11.6. The van der Waals surface area contributed by atoms with Crippen molar-refractivity contribution in [1.29, 1.82) is 0 Å². The van der Waals surface area contributed by atoms with E-state index in [0.717, 1.165) is 0 Å². The first-order valence-corrected chi connectivity index (χ1v) is 5.73. The highest BCUT2D eigenvalue weighted by molar-refractivity contribution is 5.78. The summed E-state index contributed by atoms with van der Waals surface area (Å²) >= 11 is 0. The van der Waals surface area contributed by atoms with E-state index in [1.165, 1.54) is 32.1 Å². The smallest absolute Gasteiger partial charge is 0.223 e. The minimum atomic E-state index is 0.168. The predicted octanol–water partition coefficient (Wildman–Crippen LogP) is 1.28. The third-order valence-corrected chi connectivity index (χ3v) is 3.21. The Balaban J connectivity index is 2.30. The molecule has 1 fully saturated rings. The lowest BCUT2D eigenvalue weighted by Crippen LogP contribution is -2.36. The van der Waals surface area contributed by atoms with Crippen molar-refractivity contribution in [2.75, 3.05) is 13.1 Å². The molecule has 0 saturated heterocycles. The highest BCUT2D eigenvalue weighted by Crippen LogP contribution is 2.29. The molecule has 3 nitrogen and oxygen atoms in total. The number of hydrogen-bond donors (Lipinski definition) is 2. The molecule has 3 heteroatoms. The molecule has 0 spiro atoms. The Morgan fingerprint density at radius 2 is 2.07 bits per heavy atom. The van der Waals surface area contributed by atoms with E-state index in [1.807, 2.05) is 6.92 Å². The SMILES string of the molecule is CC(C(=O)NCCN)C1CCCCC1. The zero-order valence-corrected chi connectivity index (χ0v) is 9.09. The Hall–Kier alpha value is -0.570. The van der Waals surface area contributed by atoms with Crippen molar-refractivity contribution in [1.82, 2.24) is 5.32 Å². The van der Waals surface area contributed by atoms with Gasteiger partial charge in [0.15, 0.2) is 0 Å². The predicted molar refractivity (Wildman–Crippen MR) is 57.8 cm³/mol.